The van der Waals surface area contributed by atoms with Gasteiger partial charge < -0.3 is 19.4 Å². The number of benzene rings is 1. The van der Waals surface area contributed by atoms with Gasteiger partial charge in [-0.3, -0.25) is 0 Å². The molecule has 0 radical (unpaired) electrons. The number of hydrogen-bond acceptors (Lipinski definition) is 7. The van der Waals surface area contributed by atoms with Crippen molar-refractivity contribution in [2.75, 3.05) is 12.8 Å². The Bertz CT molecular complexity index is 1030. The standard InChI is InChI=1S/C18H16N4O3/c1-10-3-8-14(24-10)16-17-15(20-18(19)21-16)13(22-25-17)9-11-4-6-12(23-2)7-5-11/h3-8H,9H2,1-2H3,(H2,19,20,21). The van der Waals surface area contributed by atoms with Gasteiger partial charge in [-0.25, -0.2) is 9.97 Å². The van der Waals surface area contributed by atoms with Crippen LogP contribution in [0.3, 0.4) is 0 Å². The van der Waals surface area contributed by atoms with E-state index in [2.05, 4.69) is 15.1 Å². The minimum atomic E-state index is 0.149. The van der Waals surface area contributed by atoms with Crippen LogP contribution in [-0.4, -0.2) is 22.2 Å². The van der Waals surface area contributed by atoms with Crippen LogP contribution in [0, 0.1) is 6.92 Å². The number of nitrogens with two attached hydrogens (primary N) is 1. The zero-order chi connectivity index (χ0) is 17.4. The molecule has 3 aromatic heterocycles. The maximum Gasteiger partial charge on any atom is 0.221 e. The highest BCUT2D eigenvalue weighted by Crippen LogP contribution is 2.30. The number of aromatic nitrogens is 3. The molecule has 7 heteroatoms. The van der Waals surface area contributed by atoms with Crippen molar-refractivity contribution in [3.8, 4) is 17.2 Å². The van der Waals surface area contributed by atoms with Crippen LogP contribution in [0.1, 0.15) is 17.0 Å². The largest absolute Gasteiger partial charge is 0.497 e. The Kier molecular flexibility index (Phi) is 3.61. The smallest absolute Gasteiger partial charge is 0.221 e. The van der Waals surface area contributed by atoms with Crippen molar-refractivity contribution in [3.63, 3.8) is 0 Å². The lowest BCUT2D eigenvalue weighted by atomic mass is 10.1. The van der Waals surface area contributed by atoms with E-state index >= 15 is 0 Å². The number of nitrogen functional groups attached to an aromatic ring is 1. The van der Waals surface area contributed by atoms with Crippen molar-refractivity contribution in [1.82, 2.24) is 15.1 Å². The molecule has 0 fully saturated rings. The van der Waals surface area contributed by atoms with Gasteiger partial charge in [0.15, 0.2) is 11.5 Å². The zero-order valence-corrected chi connectivity index (χ0v) is 13.8. The lowest BCUT2D eigenvalue weighted by molar-refractivity contribution is 0.414. The lowest BCUT2D eigenvalue weighted by Gasteiger charge is -2.02. The van der Waals surface area contributed by atoms with Crippen LogP contribution in [0.2, 0.25) is 0 Å². The molecule has 7 nitrogen and oxygen atoms in total. The van der Waals surface area contributed by atoms with E-state index in [1.807, 2.05) is 43.3 Å². The summed E-state index contributed by atoms with van der Waals surface area (Å²) in [4.78, 5) is 8.55. The first kappa shape index (κ1) is 15.2. The topological polar surface area (TPSA) is 100 Å². The molecule has 0 aliphatic rings. The lowest BCUT2D eigenvalue weighted by Crippen LogP contribution is -1.98. The van der Waals surface area contributed by atoms with Gasteiger partial charge >= 0.3 is 0 Å². The third kappa shape index (κ3) is 2.80. The molecule has 0 saturated carbocycles. The van der Waals surface area contributed by atoms with Crippen LogP contribution >= 0.6 is 0 Å². The van der Waals surface area contributed by atoms with Crippen molar-refractivity contribution in [2.45, 2.75) is 13.3 Å². The number of furan rings is 1. The molecule has 2 N–H and O–H groups in total. The summed E-state index contributed by atoms with van der Waals surface area (Å²) < 4.78 is 16.3. The number of hydrogen-bond donors (Lipinski definition) is 1. The van der Waals surface area contributed by atoms with E-state index in [-0.39, 0.29) is 5.95 Å². The van der Waals surface area contributed by atoms with Gasteiger partial charge in [-0.15, -0.1) is 0 Å². The normalized spacial score (nSPS) is 11.1. The van der Waals surface area contributed by atoms with Gasteiger partial charge in [0.25, 0.3) is 0 Å². The first-order chi connectivity index (χ1) is 12.1. The molecule has 0 amide bonds. The maximum absolute atomic E-state index is 5.88. The van der Waals surface area contributed by atoms with Crippen LogP contribution in [0.4, 0.5) is 5.95 Å². The molecule has 0 unspecified atom stereocenters. The highest BCUT2D eigenvalue weighted by Gasteiger charge is 2.19. The van der Waals surface area contributed by atoms with E-state index in [0.717, 1.165) is 17.1 Å². The minimum Gasteiger partial charge on any atom is -0.497 e. The molecule has 0 spiro atoms. The number of methoxy groups -OCH3 is 1. The van der Waals surface area contributed by atoms with E-state index in [1.54, 1.807) is 7.11 Å². The fraction of sp³-hybridized carbons (Fsp3) is 0.167. The summed E-state index contributed by atoms with van der Waals surface area (Å²) in [6.45, 7) is 1.86. The second kappa shape index (κ2) is 5.94. The SMILES string of the molecule is COc1ccc(Cc2noc3c(-c4ccc(C)o4)nc(N)nc23)cc1. The number of nitrogens with zero attached hydrogens (tertiary/aromatic N) is 3. The summed E-state index contributed by atoms with van der Waals surface area (Å²) >= 11 is 0. The highest BCUT2D eigenvalue weighted by atomic mass is 16.5. The summed E-state index contributed by atoms with van der Waals surface area (Å²) in [7, 11) is 1.64. The quantitative estimate of drug-likeness (QED) is 0.609. The third-order valence-corrected chi connectivity index (χ3v) is 3.91. The number of ether oxygens (including phenoxy) is 1. The van der Waals surface area contributed by atoms with Crippen molar-refractivity contribution in [3.05, 3.63) is 53.4 Å². The Labute approximate surface area is 143 Å². The van der Waals surface area contributed by atoms with Crippen LogP contribution in [0.25, 0.3) is 22.6 Å². The Morgan fingerprint density at radius 3 is 2.56 bits per heavy atom. The summed E-state index contributed by atoms with van der Waals surface area (Å²) in [6, 6.07) is 11.4. The molecule has 3 heterocycles. The fourth-order valence-electron chi connectivity index (χ4n) is 2.68. The van der Waals surface area contributed by atoms with E-state index in [9.17, 15) is 0 Å². The van der Waals surface area contributed by atoms with Crippen molar-refractivity contribution < 1.29 is 13.7 Å². The Morgan fingerprint density at radius 2 is 1.88 bits per heavy atom. The molecule has 25 heavy (non-hydrogen) atoms. The maximum atomic E-state index is 5.88. The van der Waals surface area contributed by atoms with Gasteiger partial charge in [-0.2, -0.15) is 0 Å². The van der Waals surface area contributed by atoms with Crippen LogP contribution < -0.4 is 10.5 Å². The van der Waals surface area contributed by atoms with Crippen molar-refractivity contribution in [2.24, 2.45) is 0 Å². The van der Waals surface area contributed by atoms with Gasteiger partial charge in [0.2, 0.25) is 11.5 Å². The van der Waals surface area contributed by atoms with Gasteiger partial charge in [0, 0.05) is 6.42 Å². The fourth-order valence-corrected chi connectivity index (χ4v) is 2.68. The summed E-state index contributed by atoms with van der Waals surface area (Å²) in [5, 5.41) is 4.16. The number of fused-ring (bicyclic) bond motifs is 1. The molecule has 0 atom stereocenters. The molecule has 0 aliphatic heterocycles. The van der Waals surface area contributed by atoms with Crippen molar-refractivity contribution in [1.29, 1.82) is 0 Å². The Balaban J connectivity index is 1.77. The number of rotatable bonds is 4. The van der Waals surface area contributed by atoms with Crippen LogP contribution in [-0.2, 0) is 6.42 Å². The summed E-state index contributed by atoms with van der Waals surface area (Å²) in [6.07, 6.45) is 0.560. The Morgan fingerprint density at radius 1 is 1.08 bits per heavy atom. The predicted molar refractivity (Wildman–Crippen MR) is 92.3 cm³/mol. The van der Waals surface area contributed by atoms with Gasteiger partial charge in [-0.05, 0) is 36.8 Å². The molecule has 0 aliphatic carbocycles. The predicted octanol–water partition coefficient (Wildman–Crippen LogP) is 3.37. The number of aryl methyl sites for hydroxylation is 1. The van der Waals surface area contributed by atoms with Crippen LogP contribution in [0.15, 0.2) is 45.3 Å². The van der Waals surface area contributed by atoms with E-state index in [1.165, 1.54) is 0 Å². The molecule has 4 rings (SSSR count). The van der Waals surface area contributed by atoms with E-state index in [0.29, 0.717) is 34.7 Å². The third-order valence-electron chi connectivity index (χ3n) is 3.91. The molecule has 0 saturated heterocycles. The van der Waals surface area contributed by atoms with Gasteiger partial charge in [-0.1, -0.05) is 17.3 Å². The van der Waals surface area contributed by atoms with E-state index < -0.39 is 0 Å². The summed E-state index contributed by atoms with van der Waals surface area (Å²) in [5.74, 6) is 2.30. The molecular weight excluding hydrogens is 320 g/mol. The minimum absolute atomic E-state index is 0.149. The van der Waals surface area contributed by atoms with E-state index in [4.69, 9.17) is 19.4 Å². The summed E-state index contributed by atoms with van der Waals surface area (Å²) in [5.41, 5.74) is 9.19. The average molecular weight is 336 g/mol. The number of anilines is 1. The molecule has 4 aromatic rings. The van der Waals surface area contributed by atoms with Gasteiger partial charge in [0.1, 0.15) is 22.7 Å². The second-order valence-electron chi connectivity index (χ2n) is 5.67. The highest BCUT2D eigenvalue weighted by molar-refractivity contribution is 5.88. The average Bonchev–Trinajstić information content (AvgIpc) is 3.22. The molecule has 0 bridgehead atoms. The first-order valence-electron chi connectivity index (χ1n) is 7.75. The zero-order valence-electron chi connectivity index (χ0n) is 13.8. The monoisotopic (exact) mass is 336 g/mol. The molecule has 1 aromatic carbocycles. The Hall–Kier alpha value is -3.35. The second-order valence-corrected chi connectivity index (χ2v) is 5.67. The van der Waals surface area contributed by atoms with Gasteiger partial charge in [0.05, 0.1) is 7.11 Å². The molecular formula is C18H16N4O3. The first-order valence-corrected chi connectivity index (χ1v) is 7.75. The molecule has 126 valence electrons. The van der Waals surface area contributed by atoms with Crippen LogP contribution in [0.5, 0.6) is 5.75 Å². The van der Waals surface area contributed by atoms with Crippen molar-refractivity contribution >= 4 is 17.0 Å².